The van der Waals surface area contributed by atoms with E-state index in [1.165, 1.54) is 0 Å². The standard InChI is InChI=1S/C31H41N5O4S/c1-4-34-11-13-35(14-12-34)31-33-25(18-41-31)21-7-9-22(10-8-21)29(38)32-24(15-19(2)3)30(39)36-16-23(20-5-6-20)28-27(36)26(37)17-40-28/h7-10,18-20,23-24,27-28H,4-6,11-17H2,1-3H3,(H,32,38)/t23-,24?,27-,28-/m1/s1. The number of likely N-dealkylation sites (N-methyl/N-ethyl adjacent to an activating group) is 1. The lowest BCUT2D eigenvalue weighted by Crippen LogP contribution is -2.52. The van der Waals surface area contributed by atoms with Crippen LogP contribution in [0.5, 0.6) is 0 Å². The van der Waals surface area contributed by atoms with Gasteiger partial charge in [0.25, 0.3) is 5.91 Å². The number of benzene rings is 1. The Bertz CT molecular complexity index is 1270. The normalized spacial score (nSPS) is 25.6. The fourth-order valence-corrected chi connectivity index (χ4v) is 7.47. The number of piperazine rings is 1. The van der Waals surface area contributed by atoms with Crippen molar-refractivity contribution in [2.75, 3.05) is 50.8 Å². The fourth-order valence-electron chi connectivity index (χ4n) is 6.58. The zero-order chi connectivity index (χ0) is 28.7. The van der Waals surface area contributed by atoms with E-state index in [9.17, 15) is 14.4 Å². The lowest BCUT2D eigenvalue weighted by molar-refractivity contribution is -0.138. The number of aromatic nitrogens is 1. The van der Waals surface area contributed by atoms with Crippen LogP contribution in [-0.2, 0) is 14.3 Å². The van der Waals surface area contributed by atoms with Crippen LogP contribution in [0.2, 0.25) is 0 Å². The number of fused-ring (bicyclic) bond motifs is 1. The Hall–Kier alpha value is -2.82. The van der Waals surface area contributed by atoms with Crippen molar-refractivity contribution in [3.8, 4) is 11.3 Å². The number of hydrogen-bond acceptors (Lipinski definition) is 8. The van der Waals surface area contributed by atoms with Crippen molar-refractivity contribution >= 4 is 34.1 Å². The van der Waals surface area contributed by atoms with E-state index in [1.54, 1.807) is 28.4 Å². The Kier molecular flexibility index (Phi) is 8.16. The molecule has 3 saturated heterocycles. The predicted molar refractivity (Wildman–Crippen MR) is 159 cm³/mol. The molecule has 4 heterocycles. The number of amides is 2. The summed E-state index contributed by atoms with van der Waals surface area (Å²) in [5, 5.41) is 6.11. The molecule has 1 aliphatic carbocycles. The molecule has 4 aliphatic rings. The van der Waals surface area contributed by atoms with E-state index in [0.29, 0.717) is 24.4 Å². The van der Waals surface area contributed by atoms with Crippen LogP contribution in [0.1, 0.15) is 50.4 Å². The molecule has 1 unspecified atom stereocenters. The zero-order valence-electron chi connectivity index (χ0n) is 24.3. The van der Waals surface area contributed by atoms with Gasteiger partial charge in [-0.15, -0.1) is 11.3 Å². The average Bonchev–Trinajstić information content (AvgIpc) is 3.39. The number of nitrogens with zero attached hydrogens (tertiary/aromatic N) is 4. The second kappa shape index (κ2) is 11.8. The van der Waals surface area contributed by atoms with Gasteiger partial charge in [-0.3, -0.25) is 14.4 Å². The summed E-state index contributed by atoms with van der Waals surface area (Å²) >= 11 is 1.65. The molecule has 3 aliphatic heterocycles. The van der Waals surface area contributed by atoms with Crippen molar-refractivity contribution in [3.63, 3.8) is 0 Å². The minimum Gasteiger partial charge on any atom is -0.367 e. The van der Waals surface area contributed by atoms with E-state index in [4.69, 9.17) is 9.72 Å². The number of rotatable bonds is 9. The Morgan fingerprint density at radius 1 is 1.12 bits per heavy atom. The molecule has 1 N–H and O–H groups in total. The first-order valence-corrected chi connectivity index (χ1v) is 16.0. The molecule has 10 heteroatoms. The predicted octanol–water partition coefficient (Wildman–Crippen LogP) is 3.30. The number of ketones is 1. The van der Waals surface area contributed by atoms with Crippen molar-refractivity contribution in [2.24, 2.45) is 17.8 Å². The Labute approximate surface area is 246 Å². The number of ether oxygens (including phenoxy) is 1. The topological polar surface area (TPSA) is 95.1 Å². The van der Waals surface area contributed by atoms with E-state index in [2.05, 4.69) is 27.4 Å². The monoisotopic (exact) mass is 579 g/mol. The number of carbonyl (C=O) groups excluding carboxylic acids is 3. The lowest BCUT2D eigenvalue weighted by atomic mass is 9.97. The number of carbonyl (C=O) groups is 3. The highest BCUT2D eigenvalue weighted by Crippen LogP contribution is 2.46. The molecule has 9 nitrogen and oxygen atoms in total. The minimum absolute atomic E-state index is 0.0230. The molecule has 0 spiro atoms. The van der Waals surface area contributed by atoms with Crippen LogP contribution in [0.3, 0.4) is 0 Å². The van der Waals surface area contributed by atoms with Crippen molar-refractivity contribution < 1.29 is 19.1 Å². The third kappa shape index (κ3) is 5.92. The van der Waals surface area contributed by atoms with Crippen LogP contribution in [0, 0.1) is 17.8 Å². The molecule has 1 aromatic heterocycles. The first kappa shape index (κ1) is 28.3. The van der Waals surface area contributed by atoms with Crippen molar-refractivity contribution in [1.29, 1.82) is 0 Å². The summed E-state index contributed by atoms with van der Waals surface area (Å²) in [7, 11) is 0. The van der Waals surface area contributed by atoms with Crippen LogP contribution in [0.25, 0.3) is 11.3 Å². The van der Waals surface area contributed by atoms with Gasteiger partial charge < -0.3 is 24.8 Å². The second-order valence-electron chi connectivity index (χ2n) is 12.3. The van der Waals surface area contributed by atoms with Gasteiger partial charge in [-0.05, 0) is 49.8 Å². The second-order valence-corrected chi connectivity index (χ2v) is 13.2. The summed E-state index contributed by atoms with van der Waals surface area (Å²) in [5.41, 5.74) is 2.36. The van der Waals surface area contributed by atoms with Crippen LogP contribution < -0.4 is 10.2 Å². The molecular weight excluding hydrogens is 538 g/mol. The van der Waals surface area contributed by atoms with Crippen LogP contribution in [0.4, 0.5) is 5.13 Å². The number of thiazole rings is 1. The number of hydrogen-bond donors (Lipinski definition) is 1. The zero-order valence-corrected chi connectivity index (χ0v) is 25.1. The van der Waals surface area contributed by atoms with Gasteiger partial charge in [-0.25, -0.2) is 4.98 Å². The van der Waals surface area contributed by atoms with E-state index in [1.807, 2.05) is 26.0 Å². The number of nitrogens with one attached hydrogen (secondary N) is 1. The van der Waals surface area contributed by atoms with E-state index < -0.39 is 12.1 Å². The number of anilines is 1. The summed E-state index contributed by atoms with van der Waals surface area (Å²) < 4.78 is 5.85. The highest BCUT2D eigenvalue weighted by molar-refractivity contribution is 7.14. The maximum atomic E-state index is 13.8. The molecule has 0 radical (unpaired) electrons. The molecular formula is C31H41N5O4S. The first-order valence-electron chi connectivity index (χ1n) is 15.1. The molecule has 4 fully saturated rings. The van der Waals surface area contributed by atoms with Gasteiger partial charge in [0, 0.05) is 55.1 Å². The van der Waals surface area contributed by atoms with Gasteiger partial charge in [0.2, 0.25) is 5.91 Å². The molecule has 1 aromatic carbocycles. The summed E-state index contributed by atoms with van der Waals surface area (Å²) in [5.74, 6) is 0.462. The summed E-state index contributed by atoms with van der Waals surface area (Å²) in [6.07, 6.45) is 2.57. The number of likely N-dealkylation sites (tertiary alicyclic amines) is 1. The van der Waals surface area contributed by atoms with Gasteiger partial charge >= 0.3 is 0 Å². The maximum Gasteiger partial charge on any atom is 0.251 e. The van der Waals surface area contributed by atoms with Crippen molar-refractivity contribution in [2.45, 2.75) is 58.2 Å². The molecule has 4 atom stereocenters. The molecule has 2 amide bonds. The molecule has 0 bridgehead atoms. The van der Waals surface area contributed by atoms with Gasteiger partial charge in [0.15, 0.2) is 10.9 Å². The van der Waals surface area contributed by atoms with Crippen molar-refractivity contribution in [1.82, 2.24) is 20.1 Å². The third-order valence-corrected chi connectivity index (χ3v) is 9.97. The molecule has 1 saturated carbocycles. The average molecular weight is 580 g/mol. The quantitative estimate of drug-likeness (QED) is 0.487. The van der Waals surface area contributed by atoms with Crippen LogP contribution in [0.15, 0.2) is 29.6 Å². The lowest BCUT2D eigenvalue weighted by Gasteiger charge is -2.33. The number of Topliss-reactive ketones (excluding diaryl/α,β-unsaturated/α-hetero) is 1. The highest BCUT2D eigenvalue weighted by atomic mass is 32.1. The van der Waals surface area contributed by atoms with E-state index in [-0.39, 0.29) is 42.1 Å². The van der Waals surface area contributed by atoms with Gasteiger partial charge in [-0.2, -0.15) is 0 Å². The minimum atomic E-state index is -0.691. The smallest absolute Gasteiger partial charge is 0.251 e. The summed E-state index contributed by atoms with van der Waals surface area (Å²) in [4.78, 5) is 51.2. The van der Waals surface area contributed by atoms with Gasteiger partial charge in [-0.1, -0.05) is 32.9 Å². The van der Waals surface area contributed by atoms with Crippen molar-refractivity contribution in [3.05, 3.63) is 35.2 Å². The third-order valence-electron chi connectivity index (χ3n) is 9.07. The Balaban J connectivity index is 1.12. The van der Waals surface area contributed by atoms with Gasteiger partial charge in [0.1, 0.15) is 18.7 Å². The summed E-state index contributed by atoms with van der Waals surface area (Å²) in [6.45, 7) is 12.0. The molecule has 41 heavy (non-hydrogen) atoms. The fraction of sp³-hybridized carbons (Fsp3) is 0.613. The van der Waals surface area contributed by atoms with Gasteiger partial charge in [0.05, 0.1) is 11.8 Å². The Morgan fingerprint density at radius 2 is 1.85 bits per heavy atom. The maximum absolute atomic E-state index is 13.8. The van der Waals surface area contributed by atoms with Crippen LogP contribution >= 0.6 is 11.3 Å². The molecule has 2 aromatic rings. The summed E-state index contributed by atoms with van der Waals surface area (Å²) in [6, 6.07) is 6.22. The molecule has 220 valence electrons. The highest BCUT2D eigenvalue weighted by Gasteiger charge is 2.56. The SMILES string of the molecule is CCN1CCN(c2nc(-c3ccc(C(=O)NC(CC(C)C)C(=O)N4C[C@H](C5CC5)[C@H]5OCC(=O)[C@H]54)cc3)cs2)CC1. The van der Waals surface area contributed by atoms with Crippen LogP contribution in [-0.4, -0.2) is 96.4 Å². The van der Waals surface area contributed by atoms with E-state index in [0.717, 1.165) is 62.0 Å². The first-order chi connectivity index (χ1) is 19.8. The largest absolute Gasteiger partial charge is 0.367 e. The van der Waals surface area contributed by atoms with E-state index >= 15 is 0 Å². The molecule has 6 rings (SSSR count). The Morgan fingerprint density at radius 3 is 2.51 bits per heavy atom.